The fraction of sp³-hybridized carbons (Fsp3) is 0.310. The van der Waals surface area contributed by atoms with Crippen LogP contribution in [0, 0.1) is 0 Å². The van der Waals surface area contributed by atoms with Crippen LogP contribution in [-0.4, -0.2) is 42.5 Å². The van der Waals surface area contributed by atoms with E-state index in [-0.39, 0.29) is 31.0 Å². The Kier molecular flexibility index (Phi) is 10.2. The summed E-state index contributed by atoms with van der Waals surface area (Å²) in [5, 5.41) is 3.47. The molecule has 2 atom stereocenters. The molecule has 0 saturated carbocycles. The molecule has 2 unspecified atom stereocenters. The lowest BCUT2D eigenvalue weighted by molar-refractivity contribution is -0.143. The van der Waals surface area contributed by atoms with E-state index in [1.807, 2.05) is 68.4 Å². The average molecular weight is 509 g/mol. The van der Waals surface area contributed by atoms with E-state index in [9.17, 15) is 9.59 Å². The maximum atomic E-state index is 13.6. The molecular formula is C29H33ClN2O4. The van der Waals surface area contributed by atoms with Crippen LogP contribution in [0.1, 0.15) is 31.4 Å². The standard InChI is InChI=1S/C29H33ClN2O4/c1-4-21(2)31-29(34)26(18-22-11-6-5-7-12-22)32(19-23-13-10-14-24(17-23)35-3)28(33)20-36-27-16-9-8-15-25(27)30/h5-17,21,26H,4,18-20H2,1-3H3,(H,31,34). The molecular weight excluding hydrogens is 476 g/mol. The highest BCUT2D eigenvalue weighted by molar-refractivity contribution is 6.32. The van der Waals surface area contributed by atoms with Crippen LogP contribution in [0.15, 0.2) is 78.9 Å². The van der Waals surface area contributed by atoms with E-state index in [4.69, 9.17) is 21.1 Å². The van der Waals surface area contributed by atoms with Gasteiger partial charge in [0, 0.05) is 19.0 Å². The van der Waals surface area contributed by atoms with Gasteiger partial charge in [0.1, 0.15) is 17.5 Å². The molecule has 3 aromatic rings. The Morgan fingerprint density at radius 3 is 2.36 bits per heavy atom. The van der Waals surface area contributed by atoms with Crippen LogP contribution in [0.4, 0.5) is 0 Å². The fourth-order valence-corrected chi connectivity index (χ4v) is 3.94. The second-order valence-electron chi connectivity index (χ2n) is 8.62. The Morgan fingerprint density at radius 2 is 1.67 bits per heavy atom. The van der Waals surface area contributed by atoms with Gasteiger partial charge < -0.3 is 19.7 Å². The molecule has 0 heterocycles. The second-order valence-corrected chi connectivity index (χ2v) is 9.02. The first-order chi connectivity index (χ1) is 17.4. The molecule has 2 amide bonds. The van der Waals surface area contributed by atoms with Crippen molar-refractivity contribution in [2.45, 2.75) is 45.3 Å². The lowest BCUT2D eigenvalue weighted by Gasteiger charge is -2.32. The molecule has 0 aromatic heterocycles. The Hall–Kier alpha value is -3.51. The molecule has 0 aliphatic rings. The molecule has 1 N–H and O–H groups in total. The van der Waals surface area contributed by atoms with Crippen molar-refractivity contribution in [1.29, 1.82) is 0 Å². The first kappa shape index (κ1) is 27.1. The number of carbonyl (C=O) groups is 2. The van der Waals surface area contributed by atoms with Crippen LogP contribution in [0.25, 0.3) is 0 Å². The fourth-order valence-electron chi connectivity index (χ4n) is 3.75. The first-order valence-corrected chi connectivity index (χ1v) is 12.4. The number of methoxy groups -OCH3 is 1. The molecule has 0 fully saturated rings. The molecule has 0 radical (unpaired) electrons. The van der Waals surface area contributed by atoms with E-state index in [1.54, 1.807) is 36.3 Å². The maximum Gasteiger partial charge on any atom is 0.261 e. The predicted molar refractivity (Wildman–Crippen MR) is 142 cm³/mol. The van der Waals surface area contributed by atoms with Crippen molar-refractivity contribution in [2.75, 3.05) is 13.7 Å². The van der Waals surface area contributed by atoms with Crippen molar-refractivity contribution in [1.82, 2.24) is 10.2 Å². The molecule has 0 spiro atoms. The van der Waals surface area contributed by atoms with Crippen LogP contribution < -0.4 is 14.8 Å². The van der Waals surface area contributed by atoms with Crippen molar-refractivity contribution >= 4 is 23.4 Å². The Balaban J connectivity index is 1.94. The third kappa shape index (κ3) is 7.75. The number of benzene rings is 3. The number of nitrogens with one attached hydrogen (secondary N) is 1. The van der Waals surface area contributed by atoms with Crippen molar-refractivity contribution < 1.29 is 19.1 Å². The first-order valence-electron chi connectivity index (χ1n) is 12.0. The maximum absolute atomic E-state index is 13.6. The van der Waals surface area contributed by atoms with Crippen molar-refractivity contribution in [3.63, 3.8) is 0 Å². The zero-order chi connectivity index (χ0) is 25.9. The lowest BCUT2D eigenvalue weighted by atomic mass is 10.0. The second kappa shape index (κ2) is 13.5. The van der Waals surface area contributed by atoms with E-state index in [1.165, 1.54) is 0 Å². The molecule has 6 nitrogen and oxygen atoms in total. The van der Waals surface area contributed by atoms with Gasteiger partial charge in [-0.05, 0) is 48.7 Å². The molecule has 36 heavy (non-hydrogen) atoms. The lowest BCUT2D eigenvalue weighted by Crippen LogP contribution is -2.53. The van der Waals surface area contributed by atoms with Crippen molar-refractivity contribution in [2.24, 2.45) is 0 Å². The van der Waals surface area contributed by atoms with Crippen LogP contribution in [-0.2, 0) is 22.6 Å². The minimum atomic E-state index is -0.741. The Morgan fingerprint density at radius 1 is 0.972 bits per heavy atom. The number of amides is 2. The SMILES string of the molecule is CCC(C)NC(=O)C(Cc1ccccc1)N(Cc1cccc(OC)c1)C(=O)COc1ccccc1Cl. The molecule has 7 heteroatoms. The van der Waals surface area contributed by atoms with Crippen LogP contribution in [0.3, 0.4) is 0 Å². The summed E-state index contributed by atoms with van der Waals surface area (Å²) in [5.74, 6) is 0.563. The van der Waals surface area contributed by atoms with Crippen molar-refractivity contribution in [3.8, 4) is 11.5 Å². The highest BCUT2D eigenvalue weighted by Crippen LogP contribution is 2.24. The van der Waals surface area contributed by atoms with Crippen LogP contribution >= 0.6 is 11.6 Å². The van der Waals surface area contributed by atoms with E-state index >= 15 is 0 Å². The van der Waals surface area contributed by atoms with Crippen LogP contribution in [0.5, 0.6) is 11.5 Å². The predicted octanol–water partition coefficient (Wildman–Crippen LogP) is 5.28. The van der Waals surface area contributed by atoms with E-state index in [2.05, 4.69) is 5.32 Å². The third-order valence-electron chi connectivity index (χ3n) is 5.95. The number of halogens is 1. The number of para-hydroxylation sites is 1. The minimum Gasteiger partial charge on any atom is -0.497 e. The third-order valence-corrected chi connectivity index (χ3v) is 6.26. The molecule has 0 bridgehead atoms. The summed E-state index contributed by atoms with van der Waals surface area (Å²) in [6.45, 7) is 3.92. The van der Waals surface area contributed by atoms with E-state index < -0.39 is 6.04 Å². The summed E-state index contributed by atoms with van der Waals surface area (Å²) in [7, 11) is 1.59. The summed E-state index contributed by atoms with van der Waals surface area (Å²) in [6.07, 6.45) is 1.15. The van der Waals surface area contributed by atoms with Gasteiger partial charge in [0.05, 0.1) is 12.1 Å². The van der Waals surface area contributed by atoms with Gasteiger partial charge in [-0.25, -0.2) is 0 Å². The molecule has 3 rings (SSSR count). The van der Waals surface area contributed by atoms with Gasteiger partial charge in [0.15, 0.2) is 6.61 Å². The number of hydrogen-bond donors (Lipinski definition) is 1. The smallest absolute Gasteiger partial charge is 0.261 e. The molecule has 0 saturated heterocycles. The zero-order valence-corrected chi connectivity index (χ0v) is 21.7. The van der Waals surface area contributed by atoms with E-state index in [0.29, 0.717) is 22.9 Å². The minimum absolute atomic E-state index is 0.0241. The zero-order valence-electron chi connectivity index (χ0n) is 20.9. The van der Waals surface area contributed by atoms with Gasteiger partial charge in [-0.15, -0.1) is 0 Å². The molecule has 190 valence electrons. The van der Waals surface area contributed by atoms with E-state index in [0.717, 1.165) is 17.5 Å². The topological polar surface area (TPSA) is 67.9 Å². The summed E-state index contributed by atoms with van der Waals surface area (Å²) in [6, 6.07) is 23.4. The average Bonchev–Trinajstić information content (AvgIpc) is 2.90. The highest BCUT2D eigenvalue weighted by Gasteiger charge is 2.31. The normalized spacial score (nSPS) is 12.3. The highest BCUT2D eigenvalue weighted by atomic mass is 35.5. The number of nitrogens with zero attached hydrogens (tertiary/aromatic N) is 1. The number of ether oxygens (including phenoxy) is 2. The summed E-state index contributed by atoms with van der Waals surface area (Å²) in [5.41, 5.74) is 1.80. The molecule has 3 aromatic carbocycles. The van der Waals surface area contributed by atoms with Gasteiger partial charge in [-0.3, -0.25) is 9.59 Å². The van der Waals surface area contributed by atoms with Gasteiger partial charge >= 0.3 is 0 Å². The molecule has 0 aliphatic carbocycles. The summed E-state index contributed by atoms with van der Waals surface area (Å²) >= 11 is 6.22. The number of carbonyl (C=O) groups excluding carboxylic acids is 2. The largest absolute Gasteiger partial charge is 0.497 e. The monoisotopic (exact) mass is 508 g/mol. The van der Waals surface area contributed by atoms with Gasteiger partial charge in [-0.2, -0.15) is 0 Å². The molecule has 0 aliphatic heterocycles. The quantitative estimate of drug-likeness (QED) is 0.361. The number of rotatable bonds is 12. The van der Waals surface area contributed by atoms with Gasteiger partial charge in [0.25, 0.3) is 5.91 Å². The summed E-state index contributed by atoms with van der Waals surface area (Å²) < 4.78 is 11.1. The van der Waals surface area contributed by atoms with Crippen molar-refractivity contribution in [3.05, 3.63) is 95.0 Å². The Labute approximate surface area is 218 Å². The van der Waals surface area contributed by atoms with Crippen LogP contribution in [0.2, 0.25) is 5.02 Å². The summed E-state index contributed by atoms with van der Waals surface area (Å²) in [4.78, 5) is 28.7. The Bertz CT molecular complexity index is 1140. The van der Waals surface area contributed by atoms with Gasteiger partial charge in [0.2, 0.25) is 5.91 Å². The number of hydrogen-bond acceptors (Lipinski definition) is 4. The van der Waals surface area contributed by atoms with Gasteiger partial charge in [-0.1, -0.05) is 73.1 Å².